The highest BCUT2D eigenvalue weighted by atomic mass is 35.5. The van der Waals surface area contributed by atoms with Crippen molar-refractivity contribution in [3.63, 3.8) is 0 Å². The van der Waals surface area contributed by atoms with Gasteiger partial charge in [0.15, 0.2) is 5.78 Å². The average Bonchev–Trinajstić information content (AvgIpc) is 3.57. The van der Waals surface area contributed by atoms with Gasteiger partial charge in [-0.1, -0.05) is 54.2 Å². The van der Waals surface area contributed by atoms with Crippen molar-refractivity contribution in [2.24, 2.45) is 0 Å². The summed E-state index contributed by atoms with van der Waals surface area (Å²) in [6.45, 7) is 2.94. The Morgan fingerprint density at radius 1 is 1.00 bits per heavy atom. The van der Waals surface area contributed by atoms with Gasteiger partial charge in [-0.15, -0.1) is 22.6 Å². The van der Waals surface area contributed by atoms with Gasteiger partial charge in [-0.3, -0.25) is 19.3 Å². The minimum Gasteiger partial charge on any atom is -0.481 e. The number of carbonyl (C=O) groups is 3. The number of carbonyl (C=O) groups excluding carboxylic acids is 2. The molecule has 2 aromatic carbocycles. The molecule has 1 aliphatic rings. The maximum atomic E-state index is 12.8. The van der Waals surface area contributed by atoms with Crippen LogP contribution in [0.25, 0.3) is 0 Å². The quantitative estimate of drug-likeness (QED) is 0.302. The number of halogens is 1. The summed E-state index contributed by atoms with van der Waals surface area (Å²) in [7, 11) is 0. The second-order valence-electron chi connectivity index (χ2n) is 8.96. The molecular weight excluding hydrogens is 560 g/mol. The zero-order valence-electron chi connectivity index (χ0n) is 21.3. The van der Waals surface area contributed by atoms with Crippen LogP contribution in [0.2, 0.25) is 0 Å². The molecule has 1 fully saturated rings. The lowest BCUT2D eigenvalue weighted by Gasteiger charge is -2.15. The molecule has 1 atom stereocenters. The van der Waals surface area contributed by atoms with Crippen LogP contribution >= 0.6 is 35.9 Å². The molecule has 1 unspecified atom stereocenters. The van der Waals surface area contributed by atoms with Crippen molar-refractivity contribution >= 4 is 52.9 Å². The zero-order valence-corrected chi connectivity index (χ0v) is 23.7. The lowest BCUT2D eigenvalue weighted by atomic mass is 10.1. The molecule has 2 heterocycles. The Balaban J connectivity index is 0.00000420. The van der Waals surface area contributed by atoms with Crippen LogP contribution in [-0.2, 0) is 29.1 Å². The summed E-state index contributed by atoms with van der Waals surface area (Å²) in [5, 5.41) is 23.9. The van der Waals surface area contributed by atoms with Crippen LogP contribution in [0, 0.1) is 0 Å². The monoisotopic (exact) mass is 590 g/mol. The molecule has 1 saturated heterocycles. The van der Waals surface area contributed by atoms with Crippen LogP contribution in [0.4, 0.5) is 4.79 Å². The Bertz CT molecular complexity index is 1220. The largest absolute Gasteiger partial charge is 0.481 e. The highest BCUT2D eigenvalue weighted by molar-refractivity contribution is 8.13. The van der Waals surface area contributed by atoms with Crippen molar-refractivity contribution in [1.82, 2.24) is 30.4 Å². The number of likely N-dealkylation sites (tertiary alicyclic amines) is 1. The molecule has 2 N–H and O–H groups in total. The van der Waals surface area contributed by atoms with Crippen LogP contribution in [-0.4, -0.2) is 72.1 Å². The Hall–Kier alpha value is -2.93. The molecule has 0 saturated carbocycles. The SMILES string of the molecule is Cl.O=C(O)CC(NC(=O)SCCc1ccccc1)C(=O)Cn1nnc(Sc2ccc(CN3CCCC3)cc2)n1. The predicted octanol–water partition coefficient (Wildman–Crippen LogP) is 3.94. The molecule has 3 aromatic rings. The number of aryl methyl sites for hydroxylation is 1. The van der Waals surface area contributed by atoms with E-state index in [0.717, 1.165) is 46.7 Å². The first-order chi connectivity index (χ1) is 18.4. The third-order valence-corrected chi connectivity index (χ3v) is 7.64. The number of aliphatic carboxylic acids is 1. The number of nitrogens with zero attached hydrogens (tertiary/aromatic N) is 5. The molecule has 1 amide bonds. The van der Waals surface area contributed by atoms with Crippen LogP contribution in [0.5, 0.6) is 0 Å². The highest BCUT2D eigenvalue weighted by Crippen LogP contribution is 2.25. The Morgan fingerprint density at radius 2 is 1.72 bits per heavy atom. The summed E-state index contributed by atoms with van der Waals surface area (Å²) in [4.78, 5) is 41.0. The minimum absolute atomic E-state index is 0. The van der Waals surface area contributed by atoms with Crippen molar-refractivity contribution < 1.29 is 19.5 Å². The van der Waals surface area contributed by atoms with Gasteiger partial charge in [0, 0.05) is 17.2 Å². The molecule has 13 heteroatoms. The number of benzene rings is 2. The normalized spacial score (nSPS) is 13.9. The van der Waals surface area contributed by atoms with E-state index < -0.39 is 29.5 Å². The number of carboxylic acid groups (broad SMARTS) is 1. The van der Waals surface area contributed by atoms with Gasteiger partial charge in [-0.2, -0.15) is 4.80 Å². The molecule has 4 rings (SSSR count). The van der Waals surface area contributed by atoms with Gasteiger partial charge in [0.05, 0.1) is 6.42 Å². The molecule has 39 heavy (non-hydrogen) atoms. The van der Waals surface area contributed by atoms with Gasteiger partial charge in [-0.05, 0) is 72.6 Å². The number of hydrogen-bond donors (Lipinski definition) is 2. The van der Waals surface area contributed by atoms with Crippen LogP contribution in [0.3, 0.4) is 0 Å². The summed E-state index contributed by atoms with van der Waals surface area (Å²) in [5.41, 5.74) is 2.35. The zero-order chi connectivity index (χ0) is 26.7. The predicted molar refractivity (Wildman–Crippen MR) is 152 cm³/mol. The smallest absolute Gasteiger partial charge is 0.305 e. The van der Waals surface area contributed by atoms with Crippen molar-refractivity contribution in [2.45, 2.75) is 54.9 Å². The van der Waals surface area contributed by atoms with E-state index in [0.29, 0.717) is 17.3 Å². The van der Waals surface area contributed by atoms with E-state index in [-0.39, 0.29) is 19.0 Å². The van der Waals surface area contributed by atoms with Crippen molar-refractivity contribution in [3.8, 4) is 0 Å². The first-order valence-corrected chi connectivity index (χ1v) is 14.2. The number of Topliss-reactive ketones (excluding diaryl/α,β-unsaturated/α-hetero) is 1. The Kier molecular flexibility index (Phi) is 12.2. The fourth-order valence-corrected chi connectivity index (χ4v) is 5.51. The Morgan fingerprint density at radius 3 is 2.41 bits per heavy atom. The number of amides is 1. The van der Waals surface area contributed by atoms with Gasteiger partial charge in [0.2, 0.25) is 5.16 Å². The first-order valence-electron chi connectivity index (χ1n) is 12.4. The third kappa shape index (κ3) is 10.3. The average molecular weight is 591 g/mol. The lowest BCUT2D eigenvalue weighted by molar-refractivity contribution is -0.139. The molecule has 1 aromatic heterocycles. The number of nitrogens with one attached hydrogen (secondary N) is 1. The van der Waals surface area contributed by atoms with Crippen molar-refractivity contribution in [3.05, 3.63) is 65.7 Å². The van der Waals surface area contributed by atoms with Crippen LogP contribution < -0.4 is 5.32 Å². The van der Waals surface area contributed by atoms with E-state index in [2.05, 4.69) is 37.8 Å². The van der Waals surface area contributed by atoms with E-state index in [1.807, 2.05) is 42.5 Å². The number of hydrogen-bond acceptors (Lipinski definition) is 9. The van der Waals surface area contributed by atoms with Crippen molar-refractivity contribution in [1.29, 1.82) is 0 Å². The standard InChI is InChI=1S/C26H30N6O4S2.ClH/c33-23(22(16-24(34)35)27-26(36)37-15-12-19-6-2-1-3-7-19)18-32-29-25(28-30-32)38-21-10-8-20(9-11-21)17-31-13-4-5-14-31;/h1-3,6-11,22H,4-5,12-18H2,(H,27,36)(H,34,35);1H. The number of tetrazole rings is 1. The van der Waals surface area contributed by atoms with Crippen LogP contribution in [0.1, 0.15) is 30.4 Å². The van der Waals surface area contributed by atoms with Gasteiger partial charge in [0.25, 0.3) is 5.24 Å². The molecule has 208 valence electrons. The summed E-state index contributed by atoms with van der Waals surface area (Å²) in [6.07, 6.45) is 2.68. The molecule has 10 nitrogen and oxygen atoms in total. The number of aromatic nitrogens is 4. The van der Waals surface area contributed by atoms with Crippen LogP contribution in [0.15, 0.2) is 64.6 Å². The summed E-state index contributed by atoms with van der Waals surface area (Å²) in [5.74, 6) is -1.19. The first kappa shape index (κ1) is 30.6. The van der Waals surface area contributed by atoms with E-state index in [9.17, 15) is 19.5 Å². The second kappa shape index (κ2) is 15.6. The van der Waals surface area contributed by atoms with E-state index >= 15 is 0 Å². The molecule has 0 radical (unpaired) electrons. The van der Waals surface area contributed by atoms with Crippen molar-refractivity contribution in [2.75, 3.05) is 18.8 Å². The fraction of sp³-hybridized carbons (Fsp3) is 0.385. The maximum absolute atomic E-state index is 12.8. The van der Waals surface area contributed by atoms with E-state index in [1.54, 1.807) is 0 Å². The third-order valence-electron chi connectivity index (χ3n) is 6.00. The van der Waals surface area contributed by atoms with Gasteiger partial charge >= 0.3 is 5.97 Å². The molecular formula is C26H31ClN6O4S2. The van der Waals surface area contributed by atoms with E-state index in [4.69, 9.17) is 0 Å². The second-order valence-corrected chi connectivity index (χ2v) is 11.1. The number of thioether (sulfide) groups is 1. The van der Waals surface area contributed by atoms with E-state index in [1.165, 1.54) is 30.2 Å². The van der Waals surface area contributed by atoms with Gasteiger partial charge < -0.3 is 10.4 Å². The molecule has 0 bridgehead atoms. The summed E-state index contributed by atoms with van der Waals surface area (Å²) in [6, 6.07) is 16.7. The number of rotatable bonds is 13. The minimum atomic E-state index is -1.19. The number of ketones is 1. The molecule has 0 aliphatic carbocycles. The maximum Gasteiger partial charge on any atom is 0.305 e. The lowest BCUT2D eigenvalue weighted by Crippen LogP contribution is -2.42. The molecule has 1 aliphatic heterocycles. The molecule has 0 spiro atoms. The fourth-order valence-electron chi connectivity index (χ4n) is 4.06. The topological polar surface area (TPSA) is 130 Å². The Labute approximate surface area is 241 Å². The summed E-state index contributed by atoms with van der Waals surface area (Å²) < 4.78 is 0. The van der Waals surface area contributed by atoms with Gasteiger partial charge in [-0.25, -0.2) is 0 Å². The van der Waals surface area contributed by atoms with Gasteiger partial charge in [0.1, 0.15) is 12.6 Å². The number of carboxylic acids is 1. The summed E-state index contributed by atoms with van der Waals surface area (Å²) >= 11 is 2.34. The highest BCUT2D eigenvalue weighted by Gasteiger charge is 2.25.